The van der Waals surface area contributed by atoms with E-state index in [1.807, 2.05) is 13.8 Å². The minimum absolute atomic E-state index is 0.0281. The van der Waals surface area contributed by atoms with Gasteiger partial charge in [-0.2, -0.15) is 0 Å². The molecule has 0 spiro atoms. The highest BCUT2D eigenvalue weighted by Gasteiger charge is 2.25. The van der Waals surface area contributed by atoms with E-state index >= 15 is 0 Å². The van der Waals surface area contributed by atoms with Gasteiger partial charge in [0, 0.05) is 44.2 Å². The van der Waals surface area contributed by atoms with Crippen molar-refractivity contribution in [1.29, 1.82) is 0 Å². The van der Waals surface area contributed by atoms with E-state index in [-0.39, 0.29) is 30.0 Å². The van der Waals surface area contributed by atoms with Crippen LogP contribution in [0.4, 0.5) is 5.69 Å². The maximum Gasteiger partial charge on any atom is 0.269 e. The summed E-state index contributed by atoms with van der Waals surface area (Å²) in [6, 6.07) is 5.58. The second kappa shape index (κ2) is 7.76. The standard InChI is InChI=1S/C16H21N3O5/c1-12(2)16(21)18-9-7-17(8-10-18)15(20)11-24-14-5-3-13(4-6-14)19(22)23/h3-6,12H,7-11H2,1-2H3. The highest BCUT2D eigenvalue weighted by molar-refractivity contribution is 5.80. The number of rotatable bonds is 5. The number of nitrogens with zero attached hydrogens (tertiary/aromatic N) is 3. The molecule has 1 aromatic carbocycles. The van der Waals surface area contributed by atoms with E-state index in [4.69, 9.17) is 4.74 Å². The fourth-order valence-corrected chi connectivity index (χ4v) is 2.44. The van der Waals surface area contributed by atoms with Gasteiger partial charge in [0.15, 0.2) is 6.61 Å². The summed E-state index contributed by atoms with van der Waals surface area (Å²) in [7, 11) is 0. The summed E-state index contributed by atoms with van der Waals surface area (Å²) in [6.07, 6.45) is 0. The Morgan fingerprint density at radius 2 is 1.67 bits per heavy atom. The van der Waals surface area contributed by atoms with Crippen molar-refractivity contribution in [3.63, 3.8) is 0 Å². The zero-order valence-electron chi connectivity index (χ0n) is 13.8. The number of non-ortho nitro benzene ring substituents is 1. The fraction of sp³-hybridized carbons (Fsp3) is 0.500. The van der Waals surface area contributed by atoms with Gasteiger partial charge in [-0.05, 0) is 12.1 Å². The number of carbonyl (C=O) groups is 2. The van der Waals surface area contributed by atoms with Crippen molar-refractivity contribution >= 4 is 17.5 Å². The van der Waals surface area contributed by atoms with Gasteiger partial charge in [-0.1, -0.05) is 13.8 Å². The summed E-state index contributed by atoms with van der Waals surface area (Å²) in [4.78, 5) is 37.6. The van der Waals surface area contributed by atoms with Gasteiger partial charge < -0.3 is 14.5 Å². The lowest BCUT2D eigenvalue weighted by Crippen LogP contribution is -2.52. The van der Waals surface area contributed by atoms with Gasteiger partial charge in [0.05, 0.1) is 4.92 Å². The van der Waals surface area contributed by atoms with Crippen LogP contribution < -0.4 is 4.74 Å². The molecule has 1 aliphatic rings. The molecule has 1 aliphatic heterocycles. The molecule has 2 rings (SSSR count). The summed E-state index contributed by atoms with van der Waals surface area (Å²) >= 11 is 0. The van der Waals surface area contributed by atoms with E-state index in [1.54, 1.807) is 9.80 Å². The Bertz CT molecular complexity index is 607. The van der Waals surface area contributed by atoms with Gasteiger partial charge in [0.2, 0.25) is 5.91 Å². The number of hydrogen-bond acceptors (Lipinski definition) is 5. The second-order valence-electron chi connectivity index (χ2n) is 5.90. The molecule has 0 radical (unpaired) electrons. The van der Waals surface area contributed by atoms with Crippen LogP contribution in [-0.4, -0.2) is 59.3 Å². The Morgan fingerprint density at radius 1 is 1.12 bits per heavy atom. The topological polar surface area (TPSA) is 93.0 Å². The number of amides is 2. The third-order valence-electron chi connectivity index (χ3n) is 3.85. The lowest BCUT2D eigenvalue weighted by Gasteiger charge is -2.35. The number of benzene rings is 1. The van der Waals surface area contributed by atoms with Gasteiger partial charge >= 0.3 is 0 Å². The first-order valence-corrected chi connectivity index (χ1v) is 7.82. The number of piperazine rings is 1. The average Bonchev–Trinajstić information content (AvgIpc) is 2.59. The van der Waals surface area contributed by atoms with E-state index in [2.05, 4.69) is 0 Å². The predicted molar refractivity (Wildman–Crippen MR) is 86.6 cm³/mol. The van der Waals surface area contributed by atoms with Crippen LogP contribution in [0.1, 0.15) is 13.8 Å². The molecule has 0 atom stereocenters. The van der Waals surface area contributed by atoms with Crippen molar-refractivity contribution in [2.24, 2.45) is 5.92 Å². The highest BCUT2D eigenvalue weighted by atomic mass is 16.6. The van der Waals surface area contributed by atoms with Crippen LogP contribution in [0.3, 0.4) is 0 Å². The molecular formula is C16H21N3O5. The molecular weight excluding hydrogens is 314 g/mol. The van der Waals surface area contributed by atoms with Gasteiger partial charge in [0.25, 0.3) is 11.6 Å². The molecule has 8 nitrogen and oxygen atoms in total. The molecule has 0 bridgehead atoms. The Morgan fingerprint density at radius 3 is 2.17 bits per heavy atom. The number of hydrogen-bond donors (Lipinski definition) is 0. The van der Waals surface area contributed by atoms with Crippen LogP contribution >= 0.6 is 0 Å². The monoisotopic (exact) mass is 335 g/mol. The minimum atomic E-state index is -0.493. The number of nitro groups is 1. The molecule has 24 heavy (non-hydrogen) atoms. The van der Waals surface area contributed by atoms with Crippen molar-refractivity contribution in [3.05, 3.63) is 34.4 Å². The summed E-state index contributed by atoms with van der Waals surface area (Å²) < 4.78 is 5.37. The van der Waals surface area contributed by atoms with Crippen molar-refractivity contribution in [2.45, 2.75) is 13.8 Å². The molecule has 0 aliphatic carbocycles. The Kier molecular flexibility index (Phi) is 5.73. The lowest BCUT2D eigenvalue weighted by atomic mass is 10.1. The van der Waals surface area contributed by atoms with Crippen molar-refractivity contribution in [1.82, 2.24) is 9.80 Å². The first-order chi connectivity index (χ1) is 11.4. The maximum atomic E-state index is 12.1. The van der Waals surface area contributed by atoms with Crippen LogP contribution in [0.15, 0.2) is 24.3 Å². The summed E-state index contributed by atoms with van der Waals surface area (Å²) in [5.41, 5.74) is -0.0281. The molecule has 130 valence electrons. The fourth-order valence-electron chi connectivity index (χ4n) is 2.44. The van der Waals surface area contributed by atoms with E-state index in [1.165, 1.54) is 24.3 Å². The molecule has 0 N–H and O–H groups in total. The quantitative estimate of drug-likeness (QED) is 0.597. The van der Waals surface area contributed by atoms with Crippen molar-refractivity contribution in [2.75, 3.05) is 32.8 Å². The smallest absolute Gasteiger partial charge is 0.269 e. The summed E-state index contributed by atoms with van der Waals surface area (Å²) in [5.74, 6) is 0.300. The zero-order valence-corrected chi connectivity index (χ0v) is 13.8. The third kappa shape index (κ3) is 4.43. The molecule has 1 saturated heterocycles. The van der Waals surface area contributed by atoms with Crippen molar-refractivity contribution in [3.8, 4) is 5.75 Å². The molecule has 0 saturated carbocycles. The van der Waals surface area contributed by atoms with Gasteiger partial charge in [0.1, 0.15) is 5.75 Å². The van der Waals surface area contributed by atoms with Crippen LogP contribution in [0.2, 0.25) is 0 Å². The van der Waals surface area contributed by atoms with Crippen LogP contribution in [0.5, 0.6) is 5.75 Å². The molecule has 0 unspecified atom stereocenters. The Labute approximate surface area is 140 Å². The normalized spacial score (nSPS) is 14.6. The number of carbonyl (C=O) groups excluding carboxylic acids is 2. The molecule has 1 heterocycles. The average molecular weight is 335 g/mol. The van der Waals surface area contributed by atoms with Gasteiger partial charge in [-0.25, -0.2) is 0 Å². The van der Waals surface area contributed by atoms with E-state index < -0.39 is 4.92 Å². The largest absolute Gasteiger partial charge is 0.484 e. The zero-order chi connectivity index (χ0) is 17.7. The maximum absolute atomic E-state index is 12.1. The SMILES string of the molecule is CC(C)C(=O)N1CCN(C(=O)COc2ccc([N+](=O)[O-])cc2)CC1. The van der Waals surface area contributed by atoms with E-state index in [0.29, 0.717) is 31.9 Å². The van der Waals surface area contributed by atoms with Gasteiger partial charge in [-0.3, -0.25) is 19.7 Å². The first kappa shape index (κ1) is 17.7. The molecule has 1 aromatic rings. The van der Waals surface area contributed by atoms with Crippen LogP contribution in [0.25, 0.3) is 0 Å². The summed E-state index contributed by atoms with van der Waals surface area (Å²) in [6.45, 7) is 5.62. The first-order valence-electron chi connectivity index (χ1n) is 7.82. The van der Waals surface area contributed by atoms with Crippen LogP contribution in [-0.2, 0) is 9.59 Å². The van der Waals surface area contributed by atoms with E-state index in [0.717, 1.165) is 0 Å². The van der Waals surface area contributed by atoms with E-state index in [9.17, 15) is 19.7 Å². The molecule has 0 aromatic heterocycles. The predicted octanol–water partition coefficient (Wildman–Crippen LogP) is 1.30. The van der Waals surface area contributed by atoms with Crippen molar-refractivity contribution < 1.29 is 19.2 Å². The minimum Gasteiger partial charge on any atom is -0.484 e. The Hall–Kier alpha value is -2.64. The lowest BCUT2D eigenvalue weighted by molar-refractivity contribution is -0.384. The number of nitro benzene ring substituents is 1. The molecule has 2 amide bonds. The molecule has 1 fully saturated rings. The van der Waals surface area contributed by atoms with Gasteiger partial charge in [-0.15, -0.1) is 0 Å². The summed E-state index contributed by atoms with van der Waals surface area (Å²) in [5, 5.41) is 10.6. The second-order valence-corrected chi connectivity index (χ2v) is 5.90. The molecule has 8 heteroatoms. The van der Waals surface area contributed by atoms with Crippen LogP contribution in [0, 0.1) is 16.0 Å². The number of ether oxygens (including phenoxy) is 1. The highest BCUT2D eigenvalue weighted by Crippen LogP contribution is 2.17. The third-order valence-corrected chi connectivity index (χ3v) is 3.85. The Balaban J connectivity index is 1.79.